The van der Waals surface area contributed by atoms with Crippen molar-refractivity contribution in [3.63, 3.8) is 0 Å². The van der Waals surface area contributed by atoms with Crippen molar-refractivity contribution in [1.82, 2.24) is 15.0 Å². The molecule has 0 amide bonds. The van der Waals surface area contributed by atoms with Crippen LogP contribution < -0.4 is 5.32 Å². The molecule has 1 N–H and O–H groups in total. The Morgan fingerprint density at radius 3 is 2.79 bits per heavy atom. The number of thiophene rings is 1. The van der Waals surface area contributed by atoms with E-state index in [1.807, 2.05) is 18.2 Å². The molecule has 7 heteroatoms. The van der Waals surface area contributed by atoms with Gasteiger partial charge in [0.1, 0.15) is 17.0 Å². The molecule has 0 spiro atoms. The Morgan fingerprint density at radius 1 is 1.10 bits per heavy atom. The Labute approximate surface area is 183 Å². The van der Waals surface area contributed by atoms with Crippen LogP contribution in [0, 0.1) is 0 Å². The van der Waals surface area contributed by atoms with Gasteiger partial charge in [-0.05, 0) is 54.5 Å². The Kier molecular flexibility index (Phi) is 5.06. The van der Waals surface area contributed by atoms with Crippen molar-refractivity contribution in [2.24, 2.45) is 0 Å². The van der Waals surface area contributed by atoms with Gasteiger partial charge in [-0.15, -0.1) is 11.3 Å². The summed E-state index contributed by atoms with van der Waals surface area (Å²) >= 11 is 13.9. The van der Waals surface area contributed by atoms with E-state index in [-0.39, 0.29) is 0 Å². The van der Waals surface area contributed by atoms with Crippen LogP contribution in [-0.2, 0) is 25.8 Å². The Bertz CT molecular complexity index is 1230. The molecule has 3 aromatic heterocycles. The lowest BCUT2D eigenvalue weighted by atomic mass is 10.0. The average molecular weight is 443 g/mol. The van der Waals surface area contributed by atoms with Crippen LogP contribution in [0.4, 0.5) is 5.82 Å². The van der Waals surface area contributed by atoms with E-state index in [1.165, 1.54) is 28.6 Å². The molecule has 0 saturated heterocycles. The number of nitrogens with one attached hydrogen (secondary N) is 1. The van der Waals surface area contributed by atoms with Crippen molar-refractivity contribution < 1.29 is 0 Å². The zero-order valence-corrected chi connectivity index (χ0v) is 18.4. The summed E-state index contributed by atoms with van der Waals surface area (Å²) in [6, 6.07) is 5.67. The summed E-state index contributed by atoms with van der Waals surface area (Å²) < 4.78 is 1.07. The summed E-state index contributed by atoms with van der Waals surface area (Å²) in [6.45, 7) is 2.83. The number of anilines is 1. The van der Waals surface area contributed by atoms with Crippen LogP contribution in [-0.4, -0.2) is 15.0 Å². The molecule has 0 unspecified atom stereocenters. The van der Waals surface area contributed by atoms with Crippen LogP contribution in [0.5, 0.6) is 0 Å². The highest BCUT2D eigenvalue weighted by atomic mass is 35.5. The van der Waals surface area contributed by atoms with Gasteiger partial charge in [0, 0.05) is 17.6 Å². The zero-order valence-electron chi connectivity index (χ0n) is 16.1. The van der Waals surface area contributed by atoms with E-state index in [2.05, 4.69) is 22.2 Å². The molecule has 4 aromatic rings. The zero-order chi connectivity index (χ0) is 20.0. The van der Waals surface area contributed by atoms with E-state index in [0.29, 0.717) is 16.6 Å². The second-order valence-corrected chi connectivity index (χ2v) is 9.22. The monoisotopic (exact) mass is 442 g/mol. The predicted molar refractivity (Wildman–Crippen MR) is 123 cm³/mol. The molecular weight excluding hydrogens is 423 g/mol. The minimum atomic E-state index is 0.559. The minimum Gasteiger partial charge on any atom is -0.365 e. The van der Waals surface area contributed by atoms with E-state index >= 15 is 0 Å². The van der Waals surface area contributed by atoms with Crippen LogP contribution in [0.2, 0.25) is 10.0 Å². The normalized spacial score (nSPS) is 13.3. The lowest BCUT2D eigenvalue weighted by Gasteiger charge is -2.08. The van der Waals surface area contributed by atoms with Gasteiger partial charge in [0.15, 0.2) is 0 Å². The van der Waals surface area contributed by atoms with Gasteiger partial charge < -0.3 is 5.32 Å². The molecule has 1 aliphatic rings. The maximum Gasteiger partial charge on any atom is 0.147 e. The molecular formula is C22H20Cl2N4S. The first kappa shape index (κ1) is 19.0. The first-order valence-electron chi connectivity index (χ1n) is 9.91. The number of nitrogens with zero attached hydrogens (tertiary/aromatic N) is 3. The van der Waals surface area contributed by atoms with Gasteiger partial charge >= 0.3 is 0 Å². The molecule has 4 nitrogen and oxygen atoms in total. The summed E-state index contributed by atoms with van der Waals surface area (Å²) in [5.41, 5.74) is 6.26. The summed E-state index contributed by atoms with van der Waals surface area (Å²) in [5, 5.41) is 5.80. The second-order valence-electron chi connectivity index (χ2n) is 7.40. The molecule has 5 rings (SSSR count). The van der Waals surface area contributed by atoms with E-state index in [4.69, 9.17) is 28.2 Å². The van der Waals surface area contributed by atoms with E-state index in [0.717, 1.165) is 52.1 Å². The average Bonchev–Trinajstić information content (AvgIpc) is 3.33. The molecule has 29 heavy (non-hydrogen) atoms. The van der Waals surface area contributed by atoms with Crippen molar-refractivity contribution >= 4 is 60.8 Å². The van der Waals surface area contributed by atoms with Crippen molar-refractivity contribution in [3.8, 4) is 0 Å². The smallest absolute Gasteiger partial charge is 0.147 e. The van der Waals surface area contributed by atoms with Gasteiger partial charge in [-0.3, -0.25) is 0 Å². The first-order valence-corrected chi connectivity index (χ1v) is 11.5. The standard InChI is InChI=1S/C22H20Cl2N4S/c1-2-4-17-13-5-3-6-14(13)18-19-20(29-22(18)28-17)21(27-11-26-19)25-10-12-7-8-15(23)16(24)9-12/h7-9,11H,2-6,10H2,1H3,(H,25,26,27). The Hall–Kier alpha value is -1.95. The summed E-state index contributed by atoms with van der Waals surface area (Å²) in [5.74, 6) is 0.841. The van der Waals surface area contributed by atoms with Crippen LogP contribution in [0.1, 0.15) is 42.1 Å². The number of aryl methyl sites for hydroxylation is 2. The van der Waals surface area contributed by atoms with E-state index < -0.39 is 0 Å². The fourth-order valence-corrected chi connectivity index (χ4v) is 5.65. The number of hydrogen-bond donors (Lipinski definition) is 1. The molecule has 0 aliphatic heterocycles. The largest absolute Gasteiger partial charge is 0.365 e. The van der Waals surface area contributed by atoms with Gasteiger partial charge in [0.05, 0.1) is 20.3 Å². The Balaban J connectivity index is 1.58. The number of rotatable bonds is 5. The highest BCUT2D eigenvalue weighted by molar-refractivity contribution is 7.26. The number of pyridine rings is 1. The summed E-state index contributed by atoms with van der Waals surface area (Å²) in [6.07, 6.45) is 7.27. The topological polar surface area (TPSA) is 50.7 Å². The summed E-state index contributed by atoms with van der Waals surface area (Å²) in [4.78, 5) is 15.3. The van der Waals surface area contributed by atoms with E-state index in [1.54, 1.807) is 17.7 Å². The lowest BCUT2D eigenvalue weighted by Crippen LogP contribution is -2.02. The van der Waals surface area contributed by atoms with Crippen molar-refractivity contribution in [1.29, 1.82) is 0 Å². The highest BCUT2D eigenvalue weighted by Gasteiger charge is 2.23. The number of aromatic nitrogens is 3. The van der Waals surface area contributed by atoms with Gasteiger partial charge in [0.2, 0.25) is 0 Å². The predicted octanol–water partition coefficient (Wildman–Crippen LogP) is 6.60. The molecule has 0 radical (unpaired) electrons. The third-order valence-corrected chi connectivity index (χ3v) is 7.31. The van der Waals surface area contributed by atoms with Crippen molar-refractivity contribution in [2.75, 3.05) is 5.32 Å². The molecule has 0 fully saturated rings. The third-order valence-electron chi connectivity index (χ3n) is 5.49. The van der Waals surface area contributed by atoms with Crippen molar-refractivity contribution in [3.05, 3.63) is 57.0 Å². The highest BCUT2D eigenvalue weighted by Crippen LogP contribution is 2.41. The molecule has 0 bridgehead atoms. The maximum absolute atomic E-state index is 6.15. The molecule has 148 valence electrons. The van der Waals surface area contributed by atoms with Gasteiger partial charge in [-0.2, -0.15) is 0 Å². The minimum absolute atomic E-state index is 0.559. The van der Waals surface area contributed by atoms with Crippen LogP contribution >= 0.6 is 34.5 Å². The SMILES string of the molecule is CCCc1nc2sc3c(NCc4ccc(Cl)c(Cl)c4)ncnc3c2c2c1CCC2. The van der Waals surface area contributed by atoms with Gasteiger partial charge in [-0.25, -0.2) is 15.0 Å². The van der Waals surface area contributed by atoms with Crippen LogP contribution in [0.25, 0.3) is 20.4 Å². The third kappa shape index (κ3) is 3.35. The van der Waals surface area contributed by atoms with Crippen LogP contribution in [0.3, 0.4) is 0 Å². The molecule has 1 aliphatic carbocycles. The van der Waals surface area contributed by atoms with E-state index in [9.17, 15) is 0 Å². The first-order chi connectivity index (χ1) is 14.2. The molecule has 3 heterocycles. The number of fused-ring (bicyclic) bond motifs is 5. The lowest BCUT2D eigenvalue weighted by molar-refractivity contribution is 0.856. The van der Waals surface area contributed by atoms with Crippen LogP contribution in [0.15, 0.2) is 24.5 Å². The molecule has 0 atom stereocenters. The number of benzene rings is 1. The quantitative estimate of drug-likeness (QED) is 0.378. The fourth-order valence-electron chi connectivity index (χ4n) is 4.18. The van der Waals surface area contributed by atoms with Gasteiger partial charge in [0.25, 0.3) is 0 Å². The molecule has 1 aromatic carbocycles. The maximum atomic E-state index is 6.15. The number of halogens is 2. The fraction of sp³-hybridized carbons (Fsp3) is 0.318. The second kappa shape index (κ2) is 7.71. The van der Waals surface area contributed by atoms with Gasteiger partial charge in [-0.1, -0.05) is 42.6 Å². The van der Waals surface area contributed by atoms with Crippen molar-refractivity contribution in [2.45, 2.75) is 45.6 Å². The Morgan fingerprint density at radius 2 is 1.97 bits per heavy atom. The molecule has 0 saturated carbocycles. The summed E-state index contributed by atoms with van der Waals surface area (Å²) in [7, 11) is 0. The number of hydrogen-bond acceptors (Lipinski definition) is 5.